The predicted molar refractivity (Wildman–Crippen MR) is 93.1 cm³/mol. The zero-order valence-electron chi connectivity index (χ0n) is 12.5. The van der Waals surface area contributed by atoms with Gasteiger partial charge in [0.05, 0.1) is 17.0 Å². The number of aromatic nitrogens is 2. The summed E-state index contributed by atoms with van der Waals surface area (Å²) >= 11 is 4.41. The van der Waals surface area contributed by atoms with Crippen LogP contribution in [0.3, 0.4) is 0 Å². The first-order valence-corrected chi connectivity index (χ1v) is 8.77. The molecule has 0 saturated heterocycles. The molecule has 0 radical (unpaired) electrons. The smallest absolute Gasteiger partial charge is 0.277 e. The van der Waals surface area contributed by atoms with Gasteiger partial charge in [-0.05, 0) is 40.2 Å². The second kappa shape index (κ2) is 7.75. The third-order valence-corrected chi connectivity index (χ3v) is 4.55. The first-order chi connectivity index (χ1) is 12.0. The van der Waals surface area contributed by atoms with Gasteiger partial charge >= 0.3 is 0 Å². The lowest BCUT2D eigenvalue weighted by molar-refractivity contribution is -0.113. The van der Waals surface area contributed by atoms with E-state index in [1.165, 1.54) is 0 Å². The molecule has 0 atom stereocenters. The van der Waals surface area contributed by atoms with Crippen LogP contribution in [0.1, 0.15) is 0 Å². The highest BCUT2D eigenvalue weighted by atomic mass is 79.9. The zero-order valence-corrected chi connectivity index (χ0v) is 14.9. The van der Waals surface area contributed by atoms with Gasteiger partial charge in [0.25, 0.3) is 5.22 Å². The van der Waals surface area contributed by atoms with Crippen LogP contribution in [0.5, 0.6) is 0 Å². The van der Waals surface area contributed by atoms with Crippen LogP contribution < -0.4 is 5.32 Å². The van der Waals surface area contributed by atoms with E-state index in [0.717, 1.165) is 33.9 Å². The molecule has 25 heavy (non-hydrogen) atoms. The van der Waals surface area contributed by atoms with Crippen molar-refractivity contribution in [1.29, 1.82) is 0 Å². The van der Waals surface area contributed by atoms with E-state index in [4.69, 9.17) is 4.42 Å². The van der Waals surface area contributed by atoms with Gasteiger partial charge in [-0.1, -0.05) is 23.9 Å². The molecule has 0 aliphatic heterocycles. The normalized spacial score (nSPS) is 10.7. The standard InChI is InChI=1S/C16H10BrF2N3O2S/c17-11-4-2-1-3-10(11)15-21-22-16(24-15)25-8-14(23)20-13-6-5-9(18)7-12(13)19/h1-7H,8H2,(H,20,23). The number of carbonyl (C=O) groups excluding carboxylic acids is 1. The van der Waals surface area contributed by atoms with E-state index >= 15 is 0 Å². The summed E-state index contributed by atoms with van der Waals surface area (Å²) in [5, 5.41) is 10.4. The summed E-state index contributed by atoms with van der Waals surface area (Å²) < 4.78 is 32.6. The zero-order chi connectivity index (χ0) is 17.8. The van der Waals surface area contributed by atoms with Gasteiger partial charge in [-0.2, -0.15) is 0 Å². The van der Waals surface area contributed by atoms with E-state index in [1.54, 1.807) is 0 Å². The van der Waals surface area contributed by atoms with Gasteiger partial charge in [-0.15, -0.1) is 10.2 Å². The first kappa shape index (κ1) is 17.6. The third-order valence-electron chi connectivity index (χ3n) is 3.04. The monoisotopic (exact) mass is 425 g/mol. The van der Waals surface area contributed by atoms with Crippen molar-refractivity contribution in [1.82, 2.24) is 10.2 Å². The SMILES string of the molecule is O=C(CSc1nnc(-c2ccccc2Br)o1)Nc1ccc(F)cc1F. The number of benzene rings is 2. The fourth-order valence-corrected chi connectivity index (χ4v) is 2.93. The molecule has 0 fully saturated rings. The van der Waals surface area contributed by atoms with Gasteiger partial charge in [0.1, 0.15) is 11.6 Å². The van der Waals surface area contributed by atoms with Crippen LogP contribution in [0.25, 0.3) is 11.5 Å². The minimum absolute atomic E-state index is 0.0611. The number of nitrogens with one attached hydrogen (secondary N) is 1. The molecule has 1 N–H and O–H groups in total. The van der Waals surface area contributed by atoms with Gasteiger partial charge < -0.3 is 9.73 Å². The number of hydrogen-bond donors (Lipinski definition) is 1. The van der Waals surface area contributed by atoms with Gasteiger partial charge in [-0.3, -0.25) is 4.79 Å². The molecular formula is C16H10BrF2N3O2S. The molecule has 9 heteroatoms. The average molecular weight is 426 g/mol. The predicted octanol–water partition coefficient (Wildman–Crippen LogP) is 4.51. The lowest BCUT2D eigenvalue weighted by atomic mass is 10.2. The third kappa shape index (κ3) is 4.43. The Labute approximate surface area is 154 Å². The molecule has 1 aromatic heterocycles. The largest absolute Gasteiger partial charge is 0.411 e. The Morgan fingerprint density at radius 1 is 1.20 bits per heavy atom. The topological polar surface area (TPSA) is 68.0 Å². The molecular weight excluding hydrogens is 416 g/mol. The highest BCUT2D eigenvalue weighted by molar-refractivity contribution is 9.10. The maximum atomic E-state index is 13.5. The summed E-state index contributed by atoms with van der Waals surface area (Å²) in [5.41, 5.74) is 0.645. The maximum absolute atomic E-state index is 13.5. The van der Waals surface area contributed by atoms with E-state index in [9.17, 15) is 13.6 Å². The quantitative estimate of drug-likeness (QED) is 0.609. The minimum atomic E-state index is -0.840. The highest BCUT2D eigenvalue weighted by Gasteiger charge is 2.14. The molecule has 3 aromatic rings. The van der Waals surface area contributed by atoms with Gasteiger partial charge in [0.15, 0.2) is 0 Å². The molecule has 1 amide bonds. The molecule has 0 bridgehead atoms. The molecule has 2 aromatic carbocycles. The van der Waals surface area contributed by atoms with Crippen LogP contribution in [-0.2, 0) is 4.79 Å². The number of halogens is 3. The van der Waals surface area contributed by atoms with Crippen LogP contribution in [0.4, 0.5) is 14.5 Å². The van der Waals surface area contributed by atoms with Crippen molar-refractivity contribution in [2.24, 2.45) is 0 Å². The second-order valence-electron chi connectivity index (χ2n) is 4.81. The number of nitrogens with zero attached hydrogens (tertiary/aromatic N) is 2. The maximum Gasteiger partial charge on any atom is 0.277 e. The Morgan fingerprint density at radius 2 is 2.00 bits per heavy atom. The Balaban J connectivity index is 1.60. The van der Waals surface area contributed by atoms with E-state index in [0.29, 0.717) is 12.0 Å². The molecule has 0 saturated carbocycles. The van der Waals surface area contributed by atoms with Crippen LogP contribution >= 0.6 is 27.7 Å². The van der Waals surface area contributed by atoms with Crippen LogP contribution in [0.15, 0.2) is 56.6 Å². The summed E-state index contributed by atoms with van der Waals surface area (Å²) in [4.78, 5) is 11.9. The molecule has 0 aliphatic rings. The van der Waals surface area contributed by atoms with E-state index in [2.05, 4.69) is 31.4 Å². The van der Waals surface area contributed by atoms with E-state index < -0.39 is 17.5 Å². The molecule has 0 unspecified atom stereocenters. The van der Waals surface area contributed by atoms with Crippen molar-refractivity contribution in [2.45, 2.75) is 5.22 Å². The lowest BCUT2D eigenvalue weighted by Gasteiger charge is -2.05. The van der Waals surface area contributed by atoms with Crippen molar-refractivity contribution in [2.75, 3.05) is 11.1 Å². The Bertz CT molecular complexity index is 920. The summed E-state index contributed by atoms with van der Waals surface area (Å²) in [5.74, 6) is -1.77. The summed E-state index contributed by atoms with van der Waals surface area (Å²) in [7, 11) is 0. The van der Waals surface area contributed by atoms with Crippen LogP contribution in [-0.4, -0.2) is 21.9 Å². The lowest BCUT2D eigenvalue weighted by Crippen LogP contribution is -2.15. The number of rotatable bonds is 5. The Hall–Kier alpha value is -2.26. The first-order valence-electron chi connectivity index (χ1n) is 6.99. The number of hydrogen-bond acceptors (Lipinski definition) is 5. The van der Waals surface area contributed by atoms with E-state index in [-0.39, 0.29) is 16.7 Å². The van der Waals surface area contributed by atoms with Gasteiger partial charge in [0.2, 0.25) is 11.8 Å². The molecule has 1 heterocycles. The van der Waals surface area contributed by atoms with Gasteiger partial charge in [0, 0.05) is 10.5 Å². The Kier molecular flexibility index (Phi) is 5.44. The van der Waals surface area contributed by atoms with Crippen molar-refractivity contribution < 1.29 is 18.0 Å². The molecule has 128 valence electrons. The fraction of sp³-hybridized carbons (Fsp3) is 0.0625. The molecule has 3 rings (SSSR count). The van der Waals surface area contributed by atoms with Crippen LogP contribution in [0.2, 0.25) is 0 Å². The molecule has 0 spiro atoms. The molecule has 0 aliphatic carbocycles. The van der Waals surface area contributed by atoms with Crippen molar-refractivity contribution >= 4 is 39.3 Å². The Morgan fingerprint density at radius 3 is 2.76 bits per heavy atom. The number of anilines is 1. The summed E-state index contributed by atoms with van der Waals surface area (Å²) in [6.07, 6.45) is 0. The van der Waals surface area contributed by atoms with Crippen molar-refractivity contribution in [3.05, 3.63) is 58.6 Å². The van der Waals surface area contributed by atoms with Crippen LogP contribution in [0, 0.1) is 11.6 Å². The van der Waals surface area contributed by atoms with Gasteiger partial charge in [-0.25, -0.2) is 8.78 Å². The highest BCUT2D eigenvalue weighted by Crippen LogP contribution is 2.29. The minimum Gasteiger partial charge on any atom is -0.411 e. The second-order valence-corrected chi connectivity index (χ2v) is 6.59. The summed E-state index contributed by atoms with van der Waals surface area (Å²) in [6.45, 7) is 0. The fourth-order valence-electron chi connectivity index (χ4n) is 1.92. The van der Waals surface area contributed by atoms with E-state index in [1.807, 2.05) is 24.3 Å². The summed E-state index contributed by atoms with van der Waals surface area (Å²) in [6, 6.07) is 10.3. The number of thioether (sulfide) groups is 1. The number of carbonyl (C=O) groups is 1. The average Bonchev–Trinajstić information content (AvgIpc) is 3.05. The molecule has 5 nitrogen and oxygen atoms in total. The van der Waals surface area contributed by atoms with Crippen molar-refractivity contribution in [3.8, 4) is 11.5 Å². The number of amides is 1. The van der Waals surface area contributed by atoms with Crippen molar-refractivity contribution in [3.63, 3.8) is 0 Å².